The van der Waals surface area contributed by atoms with E-state index < -0.39 is 0 Å². The molecule has 0 aliphatic rings. The second kappa shape index (κ2) is 5.44. The Bertz CT molecular complexity index is 530. The van der Waals surface area contributed by atoms with Crippen molar-refractivity contribution in [2.24, 2.45) is 0 Å². The summed E-state index contributed by atoms with van der Waals surface area (Å²) in [5.74, 6) is 1.77. The van der Waals surface area contributed by atoms with Crippen LogP contribution in [-0.2, 0) is 11.3 Å². The van der Waals surface area contributed by atoms with Crippen molar-refractivity contribution >= 4 is 5.91 Å². The van der Waals surface area contributed by atoms with Gasteiger partial charge < -0.3 is 5.32 Å². The highest BCUT2D eigenvalue weighted by Gasteiger charge is 2.02. The van der Waals surface area contributed by atoms with Crippen LogP contribution in [0.4, 0.5) is 0 Å². The van der Waals surface area contributed by atoms with Gasteiger partial charge in [0, 0.05) is 31.6 Å². The molecule has 0 unspecified atom stereocenters. The Balaban J connectivity index is 2.06. The van der Waals surface area contributed by atoms with E-state index >= 15 is 0 Å². The Morgan fingerprint density at radius 3 is 2.78 bits per heavy atom. The van der Waals surface area contributed by atoms with E-state index in [0.29, 0.717) is 13.0 Å². The fraction of sp³-hybridized carbons (Fsp3) is 0.308. The zero-order valence-corrected chi connectivity index (χ0v) is 10.6. The van der Waals surface area contributed by atoms with Gasteiger partial charge in [0.25, 0.3) is 0 Å². The number of hydrogen-bond acceptors (Lipinski definition) is 3. The number of rotatable bonds is 4. The lowest BCUT2D eigenvalue weighted by molar-refractivity contribution is -0.120. The number of carbonyl (C=O) groups is 1. The summed E-state index contributed by atoms with van der Waals surface area (Å²) in [7, 11) is 0. The lowest BCUT2D eigenvalue weighted by Crippen LogP contribution is -2.21. The van der Waals surface area contributed by atoms with E-state index in [9.17, 15) is 4.79 Å². The van der Waals surface area contributed by atoms with Crippen molar-refractivity contribution in [1.82, 2.24) is 19.9 Å². The lowest BCUT2D eigenvalue weighted by atomic mass is 10.2. The molecular formula is C13H16N4O. The van der Waals surface area contributed by atoms with E-state index in [1.54, 1.807) is 12.4 Å². The maximum atomic E-state index is 11.1. The summed E-state index contributed by atoms with van der Waals surface area (Å²) in [6.07, 6.45) is 5.88. The quantitative estimate of drug-likeness (QED) is 0.888. The van der Waals surface area contributed by atoms with Gasteiger partial charge in [0.1, 0.15) is 11.6 Å². The first-order valence-corrected chi connectivity index (χ1v) is 5.92. The third-order valence-electron chi connectivity index (χ3n) is 2.69. The van der Waals surface area contributed by atoms with E-state index in [-0.39, 0.29) is 5.91 Å². The second-order valence-electron chi connectivity index (χ2n) is 4.00. The normalized spacial score (nSPS) is 10.3. The number of carbonyl (C=O) groups excluding carboxylic acids is 1. The van der Waals surface area contributed by atoms with Crippen LogP contribution in [0.15, 0.2) is 30.7 Å². The number of nitrogens with zero attached hydrogens (tertiary/aromatic N) is 3. The largest absolute Gasteiger partial charge is 0.352 e. The van der Waals surface area contributed by atoms with E-state index in [0.717, 1.165) is 17.2 Å². The topological polar surface area (TPSA) is 59.8 Å². The van der Waals surface area contributed by atoms with Crippen LogP contribution in [-0.4, -0.2) is 20.4 Å². The van der Waals surface area contributed by atoms with Crippen LogP contribution in [0.1, 0.15) is 24.7 Å². The number of aryl methyl sites for hydroxylation is 1. The van der Waals surface area contributed by atoms with Gasteiger partial charge in [-0.25, -0.2) is 9.97 Å². The molecule has 0 atom stereocenters. The standard InChI is InChI=1S/C13H16N4O/c1-3-13(18)16-9-11-4-5-12(15-8-11)17-7-6-14-10(17)2/h4-8H,3,9H2,1-2H3,(H,16,18). The molecule has 2 rings (SSSR count). The van der Waals surface area contributed by atoms with Gasteiger partial charge in [0.05, 0.1) is 0 Å². The minimum Gasteiger partial charge on any atom is -0.352 e. The Labute approximate surface area is 106 Å². The molecule has 0 aliphatic heterocycles. The summed E-state index contributed by atoms with van der Waals surface area (Å²) in [4.78, 5) is 19.6. The van der Waals surface area contributed by atoms with E-state index in [1.807, 2.05) is 36.7 Å². The SMILES string of the molecule is CCC(=O)NCc1ccc(-n2ccnc2C)nc1. The molecule has 0 bridgehead atoms. The molecule has 0 spiro atoms. The molecular weight excluding hydrogens is 228 g/mol. The highest BCUT2D eigenvalue weighted by Crippen LogP contribution is 2.08. The second-order valence-corrected chi connectivity index (χ2v) is 4.00. The van der Waals surface area contributed by atoms with Gasteiger partial charge in [-0.05, 0) is 18.6 Å². The average molecular weight is 244 g/mol. The fourth-order valence-corrected chi connectivity index (χ4v) is 1.61. The molecule has 1 amide bonds. The molecule has 5 heteroatoms. The molecule has 0 radical (unpaired) electrons. The van der Waals surface area contributed by atoms with Crippen molar-refractivity contribution in [3.8, 4) is 5.82 Å². The average Bonchev–Trinajstić information content (AvgIpc) is 2.83. The number of nitrogens with one attached hydrogen (secondary N) is 1. The van der Waals surface area contributed by atoms with Gasteiger partial charge in [0.2, 0.25) is 5.91 Å². The molecule has 1 N–H and O–H groups in total. The summed E-state index contributed by atoms with van der Waals surface area (Å²) in [5, 5.41) is 2.82. The maximum absolute atomic E-state index is 11.1. The predicted octanol–water partition coefficient (Wildman–Crippen LogP) is 1.60. The van der Waals surface area contributed by atoms with Crippen LogP contribution in [0.2, 0.25) is 0 Å². The molecule has 0 fully saturated rings. The highest BCUT2D eigenvalue weighted by atomic mass is 16.1. The van der Waals surface area contributed by atoms with Gasteiger partial charge in [0.15, 0.2) is 0 Å². The Kier molecular flexibility index (Phi) is 3.72. The highest BCUT2D eigenvalue weighted by molar-refractivity contribution is 5.75. The smallest absolute Gasteiger partial charge is 0.219 e. The maximum Gasteiger partial charge on any atom is 0.219 e. The van der Waals surface area contributed by atoms with Gasteiger partial charge in [-0.3, -0.25) is 9.36 Å². The number of hydrogen-bond donors (Lipinski definition) is 1. The van der Waals surface area contributed by atoms with Crippen LogP contribution in [0.3, 0.4) is 0 Å². The molecule has 5 nitrogen and oxygen atoms in total. The van der Waals surface area contributed by atoms with Crippen LogP contribution in [0.5, 0.6) is 0 Å². The molecule has 0 aliphatic carbocycles. The molecule has 2 aromatic rings. The monoisotopic (exact) mass is 244 g/mol. The third kappa shape index (κ3) is 2.74. The number of imidazole rings is 1. The first-order valence-electron chi connectivity index (χ1n) is 5.92. The lowest BCUT2D eigenvalue weighted by Gasteiger charge is -2.06. The van der Waals surface area contributed by atoms with Gasteiger partial charge in [-0.1, -0.05) is 13.0 Å². The number of amides is 1. The molecule has 0 saturated carbocycles. The minimum atomic E-state index is 0.0459. The summed E-state index contributed by atoms with van der Waals surface area (Å²) in [6, 6.07) is 3.87. The van der Waals surface area contributed by atoms with Crippen LogP contribution < -0.4 is 5.32 Å². The zero-order chi connectivity index (χ0) is 13.0. The van der Waals surface area contributed by atoms with E-state index in [2.05, 4.69) is 15.3 Å². The Morgan fingerprint density at radius 1 is 1.39 bits per heavy atom. The minimum absolute atomic E-state index is 0.0459. The summed E-state index contributed by atoms with van der Waals surface area (Å²) in [6.45, 7) is 4.28. The fourth-order valence-electron chi connectivity index (χ4n) is 1.61. The molecule has 2 heterocycles. The van der Waals surface area contributed by atoms with E-state index in [1.165, 1.54) is 0 Å². The Hall–Kier alpha value is -2.17. The molecule has 0 aromatic carbocycles. The number of pyridine rings is 1. The van der Waals surface area contributed by atoms with Crippen molar-refractivity contribution in [2.75, 3.05) is 0 Å². The van der Waals surface area contributed by atoms with Crippen LogP contribution in [0, 0.1) is 6.92 Å². The van der Waals surface area contributed by atoms with Crippen molar-refractivity contribution in [1.29, 1.82) is 0 Å². The van der Waals surface area contributed by atoms with E-state index in [4.69, 9.17) is 0 Å². The van der Waals surface area contributed by atoms with Crippen molar-refractivity contribution in [2.45, 2.75) is 26.8 Å². The molecule has 94 valence electrons. The summed E-state index contributed by atoms with van der Waals surface area (Å²) in [5.41, 5.74) is 0.985. The third-order valence-corrected chi connectivity index (χ3v) is 2.69. The van der Waals surface area contributed by atoms with Gasteiger partial charge >= 0.3 is 0 Å². The van der Waals surface area contributed by atoms with Crippen molar-refractivity contribution < 1.29 is 4.79 Å². The van der Waals surface area contributed by atoms with Gasteiger partial charge in [-0.15, -0.1) is 0 Å². The van der Waals surface area contributed by atoms with Crippen molar-refractivity contribution in [3.05, 3.63) is 42.1 Å². The zero-order valence-electron chi connectivity index (χ0n) is 10.6. The number of aromatic nitrogens is 3. The van der Waals surface area contributed by atoms with Crippen LogP contribution in [0.25, 0.3) is 5.82 Å². The summed E-state index contributed by atoms with van der Waals surface area (Å²) >= 11 is 0. The van der Waals surface area contributed by atoms with Crippen molar-refractivity contribution in [3.63, 3.8) is 0 Å². The first-order chi connectivity index (χ1) is 8.70. The molecule has 18 heavy (non-hydrogen) atoms. The van der Waals surface area contributed by atoms with Crippen LogP contribution >= 0.6 is 0 Å². The Morgan fingerprint density at radius 2 is 2.22 bits per heavy atom. The molecule has 2 aromatic heterocycles. The summed E-state index contributed by atoms with van der Waals surface area (Å²) < 4.78 is 1.91. The molecule has 0 saturated heterocycles. The first kappa shape index (κ1) is 12.3. The predicted molar refractivity (Wildman–Crippen MR) is 68.2 cm³/mol. The van der Waals surface area contributed by atoms with Gasteiger partial charge in [-0.2, -0.15) is 0 Å².